The van der Waals surface area contributed by atoms with E-state index in [0.717, 1.165) is 24.4 Å². The van der Waals surface area contributed by atoms with Gasteiger partial charge >= 0.3 is 5.97 Å². The average Bonchev–Trinajstić information content (AvgIpc) is 3.01. The molecule has 0 radical (unpaired) electrons. The molecule has 1 aromatic rings. The Morgan fingerprint density at radius 1 is 1.71 bits per heavy atom. The minimum absolute atomic E-state index is 0.177. The largest absolute Gasteiger partial charge is 0.468 e. The third-order valence-electron chi connectivity index (χ3n) is 2.61. The van der Waals surface area contributed by atoms with Gasteiger partial charge in [-0.1, -0.05) is 0 Å². The van der Waals surface area contributed by atoms with Crippen LogP contribution in [0.3, 0.4) is 0 Å². The zero-order valence-corrected chi connectivity index (χ0v) is 10.7. The molecule has 1 fully saturated rings. The van der Waals surface area contributed by atoms with Crippen LogP contribution in [0.25, 0.3) is 0 Å². The number of carbonyl (C=O) groups excluding carboxylic acids is 1. The molecule has 4 nitrogen and oxygen atoms in total. The van der Waals surface area contributed by atoms with Gasteiger partial charge < -0.3 is 14.5 Å². The Morgan fingerprint density at radius 3 is 3.12 bits per heavy atom. The summed E-state index contributed by atoms with van der Waals surface area (Å²) < 4.78 is 10.0. The number of hydrogen-bond acceptors (Lipinski definition) is 5. The standard InChI is InChI=1S/C12H17NO3S/c1-15-12(14)11(13-9-4-5-9)8-17-7-10-3-2-6-16-10/h2-3,6,9,11,13H,4-5,7-8H2,1H3. The molecule has 17 heavy (non-hydrogen) atoms. The second-order valence-corrected chi connectivity index (χ2v) is 5.14. The second kappa shape index (κ2) is 6.12. The Balaban J connectivity index is 1.74. The maximum Gasteiger partial charge on any atom is 0.323 e. The quantitative estimate of drug-likeness (QED) is 0.753. The van der Waals surface area contributed by atoms with Crippen molar-refractivity contribution in [3.8, 4) is 0 Å². The van der Waals surface area contributed by atoms with E-state index >= 15 is 0 Å². The molecule has 1 aliphatic carbocycles. The van der Waals surface area contributed by atoms with E-state index in [4.69, 9.17) is 9.15 Å². The monoisotopic (exact) mass is 255 g/mol. The molecule has 1 aliphatic rings. The summed E-state index contributed by atoms with van der Waals surface area (Å²) >= 11 is 1.68. The van der Waals surface area contributed by atoms with E-state index in [0.29, 0.717) is 11.8 Å². The molecule has 1 atom stereocenters. The lowest BCUT2D eigenvalue weighted by Crippen LogP contribution is -2.41. The maximum absolute atomic E-state index is 11.5. The lowest BCUT2D eigenvalue weighted by molar-refractivity contribution is -0.142. The van der Waals surface area contributed by atoms with Gasteiger partial charge in [0.25, 0.3) is 0 Å². The van der Waals surface area contributed by atoms with Crippen molar-refractivity contribution in [2.45, 2.75) is 30.7 Å². The molecule has 1 unspecified atom stereocenters. The van der Waals surface area contributed by atoms with E-state index in [1.54, 1.807) is 18.0 Å². The van der Waals surface area contributed by atoms with Gasteiger partial charge in [0.05, 0.1) is 19.1 Å². The summed E-state index contributed by atoms with van der Waals surface area (Å²) in [5.74, 6) is 2.25. The molecule has 1 aromatic heterocycles. The Morgan fingerprint density at radius 2 is 2.53 bits per heavy atom. The highest BCUT2D eigenvalue weighted by Gasteiger charge is 2.28. The van der Waals surface area contributed by atoms with Gasteiger partial charge in [-0.2, -0.15) is 11.8 Å². The van der Waals surface area contributed by atoms with Crippen molar-refractivity contribution in [3.63, 3.8) is 0 Å². The van der Waals surface area contributed by atoms with Crippen LogP contribution >= 0.6 is 11.8 Å². The minimum Gasteiger partial charge on any atom is -0.468 e. The maximum atomic E-state index is 11.5. The van der Waals surface area contributed by atoms with Crippen LogP contribution in [0, 0.1) is 0 Å². The van der Waals surface area contributed by atoms with Gasteiger partial charge in [-0.3, -0.25) is 4.79 Å². The van der Waals surface area contributed by atoms with Crippen molar-refractivity contribution >= 4 is 17.7 Å². The first kappa shape index (κ1) is 12.5. The number of ether oxygens (including phenoxy) is 1. The van der Waals surface area contributed by atoms with Crippen LogP contribution in [-0.2, 0) is 15.3 Å². The fourth-order valence-electron chi connectivity index (χ4n) is 1.53. The van der Waals surface area contributed by atoms with E-state index in [9.17, 15) is 4.79 Å². The topological polar surface area (TPSA) is 51.5 Å². The zero-order chi connectivity index (χ0) is 12.1. The molecular weight excluding hydrogens is 238 g/mol. The average molecular weight is 255 g/mol. The van der Waals surface area contributed by atoms with E-state index in [1.807, 2.05) is 12.1 Å². The van der Waals surface area contributed by atoms with Crippen molar-refractivity contribution < 1.29 is 13.9 Å². The molecular formula is C12H17NO3S. The van der Waals surface area contributed by atoms with Gasteiger partial charge in [0.2, 0.25) is 0 Å². The molecule has 1 N–H and O–H groups in total. The number of thioether (sulfide) groups is 1. The van der Waals surface area contributed by atoms with Gasteiger partial charge in [-0.05, 0) is 25.0 Å². The Bertz CT molecular complexity index is 349. The molecule has 0 spiro atoms. The van der Waals surface area contributed by atoms with Gasteiger partial charge in [0.15, 0.2) is 0 Å². The SMILES string of the molecule is COC(=O)C(CSCc1ccco1)NC1CC1. The third-order valence-corrected chi connectivity index (χ3v) is 3.67. The predicted octanol–water partition coefficient (Wildman–Crippen LogP) is 1.81. The number of carbonyl (C=O) groups is 1. The Hall–Kier alpha value is -0.940. The Labute approximate surface area is 105 Å². The molecule has 0 bridgehead atoms. The van der Waals surface area contributed by atoms with Crippen LogP contribution in [0.2, 0.25) is 0 Å². The van der Waals surface area contributed by atoms with Crippen molar-refractivity contribution in [1.82, 2.24) is 5.32 Å². The number of furan rings is 1. The van der Waals surface area contributed by atoms with Crippen molar-refractivity contribution in [2.24, 2.45) is 0 Å². The molecule has 2 rings (SSSR count). The predicted molar refractivity (Wildman–Crippen MR) is 66.8 cm³/mol. The van der Waals surface area contributed by atoms with Gasteiger partial charge in [0.1, 0.15) is 11.8 Å². The van der Waals surface area contributed by atoms with Crippen molar-refractivity contribution in [3.05, 3.63) is 24.2 Å². The van der Waals surface area contributed by atoms with Crippen LogP contribution in [-0.4, -0.2) is 30.9 Å². The first-order valence-electron chi connectivity index (χ1n) is 5.73. The molecule has 1 saturated carbocycles. The summed E-state index contributed by atoms with van der Waals surface area (Å²) in [4.78, 5) is 11.5. The van der Waals surface area contributed by atoms with Crippen LogP contribution < -0.4 is 5.32 Å². The number of rotatable bonds is 7. The highest BCUT2D eigenvalue weighted by molar-refractivity contribution is 7.98. The summed E-state index contributed by atoms with van der Waals surface area (Å²) in [6.07, 6.45) is 3.99. The summed E-state index contributed by atoms with van der Waals surface area (Å²) in [5, 5.41) is 3.30. The lowest BCUT2D eigenvalue weighted by atomic mass is 10.3. The first-order chi connectivity index (χ1) is 8.29. The molecule has 94 valence electrons. The normalized spacial score (nSPS) is 16.8. The van der Waals surface area contributed by atoms with E-state index in [-0.39, 0.29) is 12.0 Å². The lowest BCUT2D eigenvalue weighted by Gasteiger charge is -2.15. The Kier molecular flexibility index (Phi) is 4.50. The van der Waals surface area contributed by atoms with Gasteiger partial charge in [-0.15, -0.1) is 0 Å². The smallest absolute Gasteiger partial charge is 0.323 e. The number of nitrogens with one attached hydrogen (secondary N) is 1. The van der Waals surface area contributed by atoms with E-state index in [1.165, 1.54) is 7.11 Å². The molecule has 0 aromatic carbocycles. The van der Waals surface area contributed by atoms with Crippen molar-refractivity contribution in [1.29, 1.82) is 0 Å². The number of methoxy groups -OCH3 is 1. The molecule has 1 heterocycles. The molecule has 0 amide bonds. The first-order valence-corrected chi connectivity index (χ1v) is 6.89. The molecule has 5 heteroatoms. The summed E-state index contributed by atoms with van der Waals surface area (Å²) in [5.41, 5.74) is 0. The van der Waals surface area contributed by atoms with Crippen LogP contribution in [0.4, 0.5) is 0 Å². The summed E-state index contributed by atoms with van der Waals surface area (Å²) in [7, 11) is 1.43. The molecule has 0 saturated heterocycles. The third kappa shape index (κ3) is 4.09. The summed E-state index contributed by atoms with van der Waals surface area (Å²) in [6.45, 7) is 0. The van der Waals surface area contributed by atoms with Gasteiger partial charge in [-0.25, -0.2) is 0 Å². The van der Waals surface area contributed by atoms with Crippen LogP contribution in [0.5, 0.6) is 0 Å². The highest BCUT2D eigenvalue weighted by atomic mass is 32.2. The van der Waals surface area contributed by atoms with Crippen molar-refractivity contribution in [2.75, 3.05) is 12.9 Å². The van der Waals surface area contributed by atoms with E-state index in [2.05, 4.69) is 5.32 Å². The highest BCUT2D eigenvalue weighted by Crippen LogP contribution is 2.21. The van der Waals surface area contributed by atoms with E-state index < -0.39 is 0 Å². The zero-order valence-electron chi connectivity index (χ0n) is 9.85. The molecule has 0 aliphatic heterocycles. The second-order valence-electron chi connectivity index (χ2n) is 4.11. The minimum atomic E-state index is -0.201. The van der Waals surface area contributed by atoms with Crippen LogP contribution in [0.1, 0.15) is 18.6 Å². The number of esters is 1. The summed E-state index contributed by atoms with van der Waals surface area (Å²) in [6, 6.07) is 4.11. The fourth-order valence-corrected chi connectivity index (χ4v) is 2.48. The fraction of sp³-hybridized carbons (Fsp3) is 0.583. The van der Waals surface area contributed by atoms with Gasteiger partial charge in [0, 0.05) is 11.8 Å². The number of hydrogen-bond donors (Lipinski definition) is 1. The van der Waals surface area contributed by atoms with Crippen LogP contribution in [0.15, 0.2) is 22.8 Å².